The van der Waals surface area contributed by atoms with Crippen molar-refractivity contribution in [3.8, 4) is 0 Å². The number of hydrogen-bond donors (Lipinski definition) is 0. The van der Waals surface area contributed by atoms with E-state index < -0.39 is 0 Å². The van der Waals surface area contributed by atoms with Crippen LogP contribution in [0.25, 0.3) is 6.08 Å². The molecule has 1 aliphatic carbocycles. The summed E-state index contributed by atoms with van der Waals surface area (Å²) < 4.78 is 1.02. The Kier molecular flexibility index (Phi) is 3.68. The van der Waals surface area contributed by atoms with Crippen molar-refractivity contribution in [3.63, 3.8) is 0 Å². The van der Waals surface area contributed by atoms with E-state index in [4.69, 9.17) is 0 Å². The van der Waals surface area contributed by atoms with Crippen LogP contribution in [-0.2, 0) is 6.42 Å². The van der Waals surface area contributed by atoms with Gasteiger partial charge < -0.3 is 4.90 Å². The normalized spacial score (nSPS) is 15.4. The van der Waals surface area contributed by atoms with Gasteiger partial charge in [-0.1, -0.05) is 28.1 Å². The van der Waals surface area contributed by atoms with Gasteiger partial charge in [0.25, 0.3) is 0 Å². The van der Waals surface area contributed by atoms with Gasteiger partial charge in [0, 0.05) is 41.8 Å². The predicted molar refractivity (Wildman–Crippen MR) is 90.9 cm³/mol. The Labute approximate surface area is 133 Å². The zero-order valence-corrected chi connectivity index (χ0v) is 13.6. The highest BCUT2D eigenvalue weighted by Crippen LogP contribution is 2.30. The van der Waals surface area contributed by atoms with Gasteiger partial charge in [-0.3, -0.25) is 4.79 Å². The molecule has 2 aromatic rings. The maximum absolute atomic E-state index is 12.4. The van der Waals surface area contributed by atoms with E-state index in [0.717, 1.165) is 32.4 Å². The van der Waals surface area contributed by atoms with Crippen LogP contribution >= 0.6 is 15.9 Å². The summed E-state index contributed by atoms with van der Waals surface area (Å²) in [6.07, 6.45) is 2.71. The molecule has 0 radical (unpaired) electrons. The van der Waals surface area contributed by atoms with E-state index in [1.54, 1.807) is 0 Å². The number of rotatable bonds is 2. The number of nitrogens with zero attached hydrogens (tertiary/aromatic N) is 1. The first kappa shape index (κ1) is 14.1. The van der Waals surface area contributed by atoms with Crippen molar-refractivity contribution in [2.45, 2.75) is 6.42 Å². The van der Waals surface area contributed by atoms with Crippen molar-refractivity contribution in [3.05, 3.63) is 69.2 Å². The van der Waals surface area contributed by atoms with E-state index in [1.165, 1.54) is 0 Å². The van der Waals surface area contributed by atoms with E-state index >= 15 is 0 Å². The van der Waals surface area contributed by atoms with Gasteiger partial charge in [-0.2, -0.15) is 0 Å². The lowest BCUT2D eigenvalue weighted by Gasteiger charge is -2.11. The first-order valence-electron chi connectivity index (χ1n) is 6.85. The molecule has 0 bridgehead atoms. The minimum atomic E-state index is 0.147. The SMILES string of the molecule is CN(C)c1ccc(/C=C2\Cc3cc(Br)ccc3C2=O)cc1. The Hall–Kier alpha value is -1.87. The van der Waals surface area contributed by atoms with Crippen LogP contribution in [0, 0.1) is 0 Å². The Morgan fingerprint density at radius 3 is 2.48 bits per heavy atom. The smallest absolute Gasteiger partial charge is 0.189 e. The van der Waals surface area contributed by atoms with Gasteiger partial charge in [-0.25, -0.2) is 0 Å². The van der Waals surface area contributed by atoms with Crippen LogP contribution in [-0.4, -0.2) is 19.9 Å². The maximum atomic E-state index is 12.4. The molecule has 0 fully saturated rings. The van der Waals surface area contributed by atoms with Crippen molar-refractivity contribution < 1.29 is 4.79 Å². The number of fused-ring (bicyclic) bond motifs is 1. The number of anilines is 1. The van der Waals surface area contributed by atoms with E-state index in [2.05, 4.69) is 45.1 Å². The lowest BCUT2D eigenvalue weighted by atomic mass is 10.1. The molecule has 3 heteroatoms. The molecule has 0 atom stereocenters. The van der Waals surface area contributed by atoms with Crippen molar-refractivity contribution in [1.29, 1.82) is 0 Å². The van der Waals surface area contributed by atoms with Crippen LogP contribution in [0.4, 0.5) is 5.69 Å². The van der Waals surface area contributed by atoms with E-state index in [-0.39, 0.29) is 5.78 Å². The second-order valence-corrected chi connectivity index (χ2v) is 6.38. The maximum Gasteiger partial charge on any atom is 0.189 e. The molecule has 21 heavy (non-hydrogen) atoms. The number of carbonyl (C=O) groups is 1. The molecular formula is C18H16BrNO. The van der Waals surface area contributed by atoms with Gasteiger partial charge in [0.15, 0.2) is 5.78 Å². The molecule has 2 nitrogen and oxygen atoms in total. The second kappa shape index (κ2) is 5.49. The van der Waals surface area contributed by atoms with Crippen molar-refractivity contribution in [2.75, 3.05) is 19.0 Å². The summed E-state index contributed by atoms with van der Waals surface area (Å²) in [4.78, 5) is 14.5. The summed E-state index contributed by atoms with van der Waals surface area (Å²) in [6, 6.07) is 14.1. The molecule has 0 unspecified atom stereocenters. The Morgan fingerprint density at radius 2 is 1.81 bits per heavy atom. The summed E-state index contributed by atoms with van der Waals surface area (Å²) in [5.41, 5.74) is 5.01. The number of hydrogen-bond acceptors (Lipinski definition) is 2. The third-order valence-corrected chi connectivity index (χ3v) is 4.23. The average molecular weight is 342 g/mol. The molecule has 0 saturated carbocycles. The van der Waals surface area contributed by atoms with Crippen LogP contribution in [0.2, 0.25) is 0 Å². The third-order valence-electron chi connectivity index (χ3n) is 3.73. The molecule has 0 heterocycles. The standard InChI is InChI=1S/C18H16BrNO/c1-20(2)16-6-3-12(4-7-16)9-14-10-13-11-15(19)5-8-17(13)18(14)21/h3-9,11H,10H2,1-2H3/b14-9+. The van der Waals surface area contributed by atoms with Gasteiger partial charge in [0.1, 0.15) is 0 Å². The number of Topliss-reactive ketones (excluding diaryl/α,β-unsaturated/α-hetero) is 1. The Bertz CT molecular complexity index is 729. The molecule has 1 aliphatic rings. The third kappa shape index (κ3) is 2.79. The summed E-state index contributed by atoms with van der Waals surface area (Å²) in [5.74, 6) is 0.147. The second-order valence-electron chi connectivity index (χ2n) is 5.46. The van der Waals surface area contributed by atoms with Crippen LogP contribution in [0.5, 0.6) is 0 Å². The van der Waals surface area contributed by atoms with E-state index in [0.29, 0.717) is 6.42 Å². The van der Waals surface area contributed by atoms with Crippen LogP contribution in [0.3, 0.4) is 0 Å². The first-order chi connectivity index (χ1) is 10.0. The average Bonchev–Trinajstić information content (AvgIpc) is 2.75. The van der Waals surface area contributed by atoms with Gasteiger partial charge >= 0.3 is 0 Å². The van der Waals surface area contributed by atoms with Gasteiger partial charge in [0.2, 0.25) is 0 Å². The Balaban J connectivity index is 1.90. The van der Waals surface area contributed by atoms with Crippen molar-refractivity contribution >= 4 is 33.5 Å². The summed E-state index contributed by atoms with van der Waals surface area (Å²) in [6.45, 7) is 0. The lowest BCUT2D eigenvalue weighted by Crippen LogP contribution is -2.07. The molecule has 0 aromatic heterocycles. The molecule has 106 valence electrons. The van der Waals surface area contributed by atoms with Crippen molar-refractivity contribution in [2.24, 2.45) is 0 Å². The van der Waals surface area contributed by atoms with Gasteiger partial charge in [-0.15, -0.1) is 0 Å². The molecule has 0 saturated heterocycles. The monoisotopic (exact) mass is 341 g/mol. The van der Waals surface area contributed by atoms with Crippen LogP contribution in [0.1, 0.15) is 21.5 Å². The fourth-order valence-electron chi connectivity index (χ4n) is 2.57. The van der Waals surface area contributed by atoms with Crippen LogP contribution < -0.4 is 4.90 Å². The molecular weight excluding hydrogens is 326 g/mol. The zero-order valence-electron chi connectivity index (χ0n) is 12.1. The lowest BCUT2D eigenvalue weighted by molar-refractivity contribution is 0.104. The largest absolute Gasteiger partial charge is 0.378 e. The fraction of sp³-hybridized carbons (Fsp3) is 0.167. The van der Waals surface area contributed by atoms with Crippen LogP contribution in [0.15, 0.2) is 52.5 Å². The number of halogens is 1. The molecule has 0 aliphatic heterocycles. The number of ketones is 1. The highest BCUT2D eigenvalue weighted by molar-refractivity contribution is 9.10. The molecule has 2 aromatic carbocycles. The van der Waals surface area contributed by atoms with E-state index in [1.807, 2.05) is 38.4 Å². The molecule has 0 spiro atoms. The highest BCUT2D eigenvalue weighted by atomic mass is 79.9. The molecule has 0 N–H and O–H groups in total. The zero-order chi connectivity index (χ0) is 15.0. The summed E-state index contributed by atoms with van der Waals surface area (Å²) in [7, 11) is 4.03. The minimum absolute atomic E-state index is 0.147. The van der Waals surface area contributed by atoms with Crippen molar-refractivity contribution in [1.82, 2.24) is 0 Å². The first-order valence-corrected chi connectivity index (χ1v) is 7.65. The van der Waals surface area contributed by atoms with Gasteiger partial charge in [0.05, 0.1) is 0 Å². The van der Waals surface area contributed by atoms with E-state index in [9.17, 15) is 4.79 Å². The number of carbonyl (C=O) groups excluding carboxylic acids is 1. The topological polar surface area (TPSA) is 20.3 Å². The molecule has 0 amide bonds. The predicted octanol–water partition coefficient (Wildman–Crippen LogP) is 4.34. The van der Waals surface area contributed by atoms with Gasteiger partial charge in [-0.05, 0) is 47.5 Å². The summed E-state index contributed by atoms with van der Waals surface area (Å²) in [5, 5.41) is 0. The highest BCUT2D eigenvalue weighted by Gasteiger charge is 2.24. The minimum Gasteiger partial charge on any atom is -0.378 e. The fourth-order valence-corrected chi connectivity index (χ4v) is 2.98. The number of benzene rings is 2. The molecule has 3 rings (SSSR count). The Morgan fingerprint density at radius 1 is 1.10 bits per heavy atom. The summed E-state index contributed by atoms with van der Waals surface area (Å²) >= 11 is 3.46. The number of allylic oxidation sites excluding steroid dienone is 1. The quantitative estimate of drug-likeness (QED) is 0.757.